The van der Waals surface area contributed by atoms with E-state index in [9.17, 15) is 24.3 Å². The minimum absolute atomic E-state index is 0.00316. The quantitative estimate of drug-likeness (QED) is 0.273. The molecule has 42 heavy (non-hydrogen) atoms. The number of para-hydroxylation sites is 1. The third kappa shape index (κ3) is 10.1. The third-order valence-electron chi connectivity index (χ3n) is 6.75. The molecule has 0 saturated heterocycles. The number of hydrogen-bond donors (Lipinski definition) is 4. The normalized spacial score (nSPS) is 13.5. The van der Waals surface area contributed by atoms with Gasteiger partial charge < -0.3 is 31.1 Å². The Kier molecular flexibility index (Phi) is 11.9. The van der Waals surface area contributed by atoms with Crippen LogP contribution in [0.4, 0.5) is 10.5 Å². The molecule has 4 amide bonds. The molecule has 0 fully saturated rings. The number of anilines is 1. The molecule has 0 radical (unpaired) electrons. The number of amides is 4. The van der Waals surface area contributed by atoms with Crippen LogP contribution in [0, 0.1) is 19.8 Å². The number of aromatic hydroxyl groups is 1. The number of rotatable bonds is 12. The topological polar surface area (TPSA) is 151 Å². The minimum atomic E-state index is -1.38. The molecule has 0 saturated carbocycles. The first-order valence-corrected chi connectivity index (χ1v) is 14.3. The summed E-state index contributed by atoms with van der Waals surface area (Å²) in [5.41, 5.74) is 7.40. The second kappa shape index (κ2) is 14.7. The van der Waals surface area contributed by atoms with Crippen LogP contribution in [-0.2, 0) is 19.1 Å². The highest BCUT2D eigenvalue weighted by Gasteiger charge is 2.39. The summed E-state index contributed by atoms with van der Waals surface area (Å²) in [6, 6.07) is 8.62. The highest BCUT2D eigenvalue weighted by atomic mass is 16.6. The molecule has 10 heteroatoms. The van der Waals surface area contributed by atoms with E-state index in [1.807, 2.05) is 39.0 Å². The SMILES string of the molecule is Cc1cccc(C)c1NC(=O)C(c1ccc(O)cc1)N(C(=O)C(CC(N)=O)NC(=O)OC(C)(C)C)C(C)CCC(C)C. The van der Waals surface area contributed by atoms with Crippen LogP contribution in [0.1, 0.15) is 83.5 Å². The number of nitrogens with two attached hydrogens (primary N) is 1. The Morgan fingerprint density at radius 2 is 1.52 bits per heavy atom. The van der Waals surface area contributed by atoms with E-state index in [1.165, 1.54) is 17.0 Å². The zero-order chi connectivity index (χ0) is 31.8. The smallest absolute Gasteiger partial charge is 0.408 e. The first kappa shape index (κ1) is 34.1. The van der Waals surface area contributed by atoms with E-state index in [4.69, 9.17) is 10.5 Å². The Hall–Kier alpha value is -4.08. The van der Waals surface area contributed by atoms with E-state index in [-0.39, 0.29) is 5.75 Å². The number of ether oxygens (including phenoxy) is 1. The molecule has 230 valence electrons. The fourth-order valence-electron chi connectivity index (χ4n) is 4.64. The molecular weight excluding hydrogens is 536 g/mol. The molecule has 10 nitrogen and oxygen atoms in total. The summed E-state index contributed by atoms with van der Waals surface area (Å²) in [4.78, 5) is 54.7. The van der Waals surface area contributed by atoms with Crippen LogP contribution in [0.3, 0.4) is 0 Å². The van der Waals surface area contributed by atoms with Crippen molar-refractivity contribution < 1.29 is 29.0 Å². The molecular formula is C32H46N4O6. The number of benzene rings is 2. The van der Waals surface area contributed by atoms with Gasteiger partial charge in [-0.05, 0) is 89.1 Å². The van der Waals surface area contributed by atoms with Gasteiger partial charge in [0.1, 0.15) is 23.4 Å². The summed E-state index contributed by atoms with van der Waals surface area (Å²) in [6.45, 7) is 14.7. The number of alkyl carbamates (subject to hydrolysis) is 1. The molecule has 5 N–H and O–H groups in total. The standard InChI is InChI=1S/C32H46N4O6/c1-19(2)12-13-22(5)36(30(40)25(18-26(33)38)34-31(41)42-32(6,7)8)28(23-14-16-24(37)17-15-23)29(39)35-27-20(3)10-9-11-21(27)4/h9-11,14-17,19,22,25,28,37H,12-13,18H2,1-8H3,(H2,33,38)(H,34,41)(H,35,39). The van der Waals surface area contributed by atoms with E-state index in [2.05, 4.69) is 24.5 Å². The predicted molar refractivity (Wildman–Crippen MR) is 163 cm³/mol. The maximum Gasteiger partial charge on any atom is 0.408 e. The molecule has 0 aromatic heterocycles. The Labute approximate surface area is 249 Å². The number of nitrogens with one attached hydrogen (secondary N) is 2. The molecule has 3 atom stereocenters. The number of primary amides is 1. The zero-order valence-electron chi connectivity index (χ0n) is 26.0. The van der Waals surface area contributed by atoms with E-state index < -0.39 is 54.0 Å². The minimum Gasteiger partial charge on any atom is -0.508 e. The predicted octanol–water partition coefficient (Wildman–Crippen LogP) is 5.11. The van der Waals surface area contributed by atoms with Gasteiger partial charge in [-0.1, -0.05) is 44.2 Å². The largest absolute Gasteiger partial charge is 0.508 e. The van der Waals surface area contributed by atoms with Crippen LogP contribution in [0.2, 0.25) is 0 Å². The lowest BCUT2D eigenvalue weighted by atomic mass is 9.96. The van der Waals surface area contributed by atoms with Crippen LogP contribution in [0.5, 0.6) is 5.75 Å². The molecule has 0 spiro atoms. The van der Waals surface area contributed by atoms with Crippen molar-refractivity contribution in [1.29, 1.82) is 0 Å². The molecule has 0 heterocycles. The van der Waals surface area contributed by atoms with Gasteiger partial charge in [0.25, 0.3) is 5.91 Å². The van der Waals surface area contributed by atoms with E-state index in [0.29, 0.717) is 23.6 Å². The number of nitrogens with zero attached hydrogens (tertiary/aromatic N) is 1. The zero-order valence-corrected chi connectivity index (χ0v) is 26.0. The number of carbonyl (C=O) groups excluding carboxylic acids is 4. The maximum atomic E-state index is 14.4. The Bertz CT molecular complexity index is 1230. The van der Waals surface area contributed by atoms with Gasteiger partial charge in [-0.2, -0.15) is 0 Å². The van der Waals surface area contributed by atoms with Gasteiger partial charge in [-0.15, -0.1) is 0 Å². The molecule has 2 aromatic rings. The number of carbonyl (C=O) groups is 4. The lowest BCUT2D eigenvalue weighted by molar-refractivity contribution is -0.144. The first-order chi connectivity index (χ1) is 19.5. The van der Waals surface area contributed by atoms with Crippen molar-refractivity contribution in [2.75, 3.05) is 5.32 Å². The van der Waals surface area contributed by atoms with Gasteiger partial charge in [0.15, 0.2) is 0 Å². The summed E-state index contributed by atoms with van der Waals surface area (Å²) in [5.74, 6) is -1.64. The summed E-state index contributed by atoms with van der Waals surface area (Å²) in [5, 5.41) is 15.5. The van der Waals surface area contributed by atoms with Crippen LogP contribution in [-0.4, -0.2) is 51.5 Å². The van der Waals surface area contributed by atoms with E-state index in [0.717, 1.165) is 17.5 Å². The van der Waals surface area contributed by atoms with Crippen molar-refractivity contribution in [2.24, 2.45) is 11.7 Å². The molecule has 3 unspecified atom stereocenters. The van der Waals surface area contributed by atoms with E-state index >= 15 is 0 Å². The Morgan fingerprint density at radius 1 is 0.952 bits per heavy atom. The number of hydrogen-bond acceptors (Lipinski definition) is 6. The monoisotopic (exact) mass is 582 g/mol. The second-order valence-electron chi connectivity index (χ2n) is 12.2. The number of phenols is 1. The molecule has 0 bridgehead atoms. The van der Waals surface area contributed by atoms with E-state index in [1.54, 1.807) is 32.9 Å². The molecule has 0 aliphatic rings. The van der Waals surface area contributed by atoms with Gasteiger partial charge in [0.2, 0.25) is 11.8 Å². The average Bonchev–Trinajstić information content (AvgIpc) is 2.86. The fourth-order valence-corrected chi connectivity index (χ4v) is 4.64. The summed E-state index contributed by atoms with van der Waals surface area (Å²) >= 11 is 0. The fraction of sp³-hybridized carbons (Fsp3) is 0.500. The lowest BCUT2D eigenvalue weighted by Crippen LogP contribution is -2.55. The third-order valence-corrected chi connectivity index (χ3v) is 6.75. The number of aryl methyl sites for hydroxylation is 2. The van der Waals surface area contributed by atoms with Gasteiger partial charge in [-0.25, -0.2) is 4.79 Å². The Balaban J connectivity index is 2.67. The van der Waals surface area contributed by atoms with Crippen molar-refractivity contribution in [2.45, 2.75) is 98.4 Å². The Morgan fingerprint density at radius 3 is 2.02 bits per heavy atom. The van der Waals surface area contributed by atoms with Crippen LogP contribution in [0.15, 0.2) is 42.5 Å². The summed E-state index contributed by atoms with van der Waals surface area (Å²) in [7, 11) is 0. The van der Waals surface area contributed by atoms with Crippen LogP contribution < -0.4 is 16.4 Å². The number of phenolic OH excluding ortho intramolecular Hbond substituents is 1. The molecule has 2 aromatic carbocycles. The average molecular weight is 583 g/mol. The maximum absolute atomic E-state index is 14.4. The van der Waals surface area contributed by atoms with Crippen molar-refractivity contribution in [3.63, 3.8) is 0 Å². The van der Waals surface area contributed by atoms with Crippen LogP contribution >= 0.6 is 0 Å². The summed E-state index contributed by atoms with van der Waals surface area (Å²) < 4.78 is 5.35. The summed E-state index contributed by atoms with van der Waals surface area (Å²) in [6.07, 6.45) is -0.0827. The van der Waals surface area contributed by atoms with Crippen molar-refractivity contribution in [3.05, 3.63) is 59.2 Å². The van der Waals surface area contributed by atoms with Gasteiger partial charge in [0.05, 0.1) is 6.42 Å². The first-order valence-electron chi connectivity index (χ1n) is 14.3. The van der Waals surface area contributed by atoms with Crippen LogP contribution in [0.25, 0.3) is 0 Å². The molecule has 0 aliphatic heterocycles. The molecule has 0 aliphatic carbocycles. The van der Waals surface area contributed by atoms with Crippen molar-refractivity contribution in [3.8, 4) is 5.75 Å². The van der Waals surface area contributed by atoms with Crippen molar-refractivity contribution >= 4 is 29.5 Å². The lowest BCUT2D eigenvalue weighted by Gasteiger charge is -2.38. The van der Waals surface area contributed by atoms with Gasteiger partial charge >= 0.3 is 6.09 Å². The highest BCUT2D eigenvalue weighted by Crippen LogP contribution is 2.31. The van der Waals surface area contributed by atoms with Gasteiger partial charge in [0, 0.05) is 11.7 Å². The van der Waals surface area contributed by atoms with Gasteiger partial charge in [-0.3, -0.25) is 14.4 Å². The van der Waals surface area contributed by atoms with Crippen molar-refractivity contribution in [1.82, 2.24) is 10.2 Å². The molecule has 2 rings (SSSR count). The second-order valence-corrected chi connectivity index (χ2v) is 12.2. The highest BCUT2D eigenvalue weighted by molar-refractivity contribution is 6.00.